The van der Waals surface area contributed by atoms with E-state index in [0.29, 0.717) is 17.2 Å². The molecule has 3 aromatic carbocycles. The number of nitrogens with zero attached hydrogens (tertiary/aromatic N) is 4. The van der Waals surface area contributed by atoms with Gasteiger partial charge in [0.2, 0.25) is 10.0 Å². The number of aromatic nitrogens is 1. The van der Waals surface area contributed by atoms with E-state index in [-0.39, 0.29) is 54.1 Å². The number of aliphatic imine (C=N–C) groups is 1. The minimum Gasteiger partial charge on any atom is -0.457 e. The summed E-state index contributed by atoms with van der Waals surface area (Å²) >= 11 is 0. The minimum absolute atomic E-state index is 0.0305. The van der Waals surface area contributed by atoms with E-state index in [0.717, 1.165) is 11.6 Å². The Morgan fingerprint density at radius 1 is 0.902 bits per heavy atom. The molecule has 2 heterocycles. The summed E-state index contributed by atoms with van der Waals surface area (Å²) in [4.78, 5) is 23.1. The van der Waals surface area contributed by atoms with E-state index in [1.54, 1.807) is 35.2 Å². The third kappa shape index (κ3) is 6.31. The topological polar surface area (TPSA) is 92.2 Å². The molecule has 0 atom stereocenters. The molecule has 0 spiro atoms. The van der Waals surface area contributed by atoms with Gasteiger partial charge in [-0.2, -0.15) is 4.31 Å². The number of piperazine rings is 1. The number of ether oxygens (including phenoxy) is 1. The van der Waals surface area contributed by atoms with Gasteiger partial charge in [-0.05, 0) is 78.9 Å². The lowest BCUT2D eigenvalue weighted by Crippen LogP contribution is -2.50. The number of pyridine rings is 1. The number of hydrogen-bond acceptors (Lipinski definition) is 6. The molecule has 41 heavy (non-hydrogen) atoms. The van der Waals surface area contributed by atoms with Crippen LogP contribution < -0.4 is 4.74 Å². The van der Waals surface area contributed by atoms with Gasteiger partial charge in [-0.15, -0.1) is 0 Å². The Bertz CT molecular complexity index is 1690. The highest BCUT2D eigenvalue weighted by Crippen LogP contribution is 2.26. The van der Waals surface area contributed by atoms with Crippen molar-refractivity contribution >= 4 is 22.1 Å². The molecule has 1 aliphatic heterocycles. The second-order valence-electron chi connectivity index (χ2n) is 9.26. The minimum atomic E-state index is -3.88. The largest absolute Gasteiger partial charge is 0.457 e. The van der Waals surface area contributed by atoms with Crippen LogP contribution in [0.2, 0.25) is 0 Å². The Morgan fingerprint density at radius 2 is 1.56 bits per heavy atom. The summed E-state index contributed by atoms with van der Waals surface area (Å²) in [5.41, 5.74) is 1.69. The number of carbonyl (C=O) groups excluding carboxylic acids is 1. The molecule has 0 radical (unpaired) electrons. The van der Waals surface area contributed by atoms with Crippen molar-refractivity contribution in [3.63, 3.8) is 0 Å². The fraction of sp³-hybridized carbons (Fsp3) is 0.167. The van der Waals surface area contributed by atoms with Crippen LogP contribution in [0.3, 0.4) is 0 Å². The van der Waals surface area contributed by atoms with Gasteiger partial charge in [-0.3, -0.25) is 9.79 Å². The molecule has 1 amide bonds. The van der Waals surface area contributed by atoms with Crippen LogP contribution in [0, 0.1) is 11.6 Å². The third-order valence-corrected chi connectivity index (χ3v) is 8.46. The predicted molar refractivity (Wildman–Crippen MR) is 151 cm³/mol. The van der Waals surface area contributed by atoms with Crippen LogP contribution in [-0.4, -0.2) is 68.0 Å². The fourth-order valence-electron chi connectivity index (χ4n) is 4.41. The van der Waals surface area contributed by atoms with Gasteiger partial charge in [0.1, 0.15) is 28.8 Å². The van der Waals surface area contributed by atoms with E-state index in [1.165, 1.54) is 54.0 Å². The molecule has 0 aliphatic carbocycles. The zero-order valence-corrected chi connectivity index (χ0v) is 22.9. The van der Waals surface area contributed by atoms with Crippen LogP contribution in [0.1, 0.15) is 16.1 Å². The molecule has 0 bridgehead atoms. The molecule has 0 N–H and O–H groups in total. The highest BCUT2D eigenvalue weighted by molar-refractivity contribution is 7.89. The van der Waals surface area contributed by atoms with Crippen LogP contribution in [-0.2, 0) is 10.0 Å². The van der Waals surface area contributed by atoms with Gasteiger partial charge in [0, 0.05) is 50.6 Å². The van der Waals surface area contributed by atoms with Crippen LogP contribution in [0.5, 0.6) is 11.5 Å². The average molecular weight is 577 g/mol. The van der Waals surface area contributed by atoms with Gasteiger partial charge < -0.3 is 9.64 Å². The third-order valence-electron chi connectivity index (χ3n) is 6.57. The molecule has 8 nitrogen and oxygen atoms in total. The lowest BCUT2D eigenvalue weighted by molar-refractivity contribution is 0.0692. The highest BCUT2D eigenvalue weighted by atomic mass is 32.2. The Labute approximate surface area is 236 Å². The van der Waals surface area contributed by atoms with Gasteiger partial charge in [-0.25, -0.2) is 22.2 Å². The second-order valence-corrected chi connectivity index (χ2v) is 11.2. The average Bonchev–Trinajstić information content (AvgIpc) is 2.99. The lowest BCUT2D eigenvalue weighted by Gasteiger charge is -2.34. The number of rotatable bonds is 7. The van der Waals surface area contributed by atoms with E-state index in [4.69, 9.17) is 4.74 Å². The maximum absolute atomic E-state index is 14.0. The van der Waals surface area contributed by atoms with Crippen molar-refractivity contribution in [3.8, 4) is 22.8 Å². The van der Waals surface area contributed by atoms with Gasteiger partial charge >= 0.3 is 0 Å². The molecular formula is C30H26F2N4O4S. The van der Waals surface area contributed by atoms with Crippen molar-refractivity contribution in [1.82, 2.24) is 14.2 Å². The molecule has 1 aliphatic rings. The molecule has 0 saturated carbocycles. The molecule has 5 rings (SSSR count). The Hall–Kier alpha value is -4.48. The summed E-state index contributed by atoms with van der Waals surface area (Å²) in [6, 6.07) is 21.6. The monoisotopic (exact) mass is 576 g/mol. The van der Waals surface area contributed by atoms with Crippen molar-refractivity contribution in [1.29, 1.82) is 0 Å². The molecule has 11 heteroatoms. The van der Waals surface area contributed by atoms with Gasteiger partial charge in [0.05, 0.1) is 10.6 Å². The smallest absolute Gasteiger partial charge is 0.272 e. The quantitative estimate of drug-likeness (QED) is 0.288. The maximum atomic E-state index is 14.0. The van der Waals surface area contributed by atoms with E-state index in [9.17, 15) is 22.0 Å². The number of halogens is 2. The first-order chi connectivity index (χ1) is 19.7. The number of amides is 1. The summed E-state index contributed by atoms with van der Waals surface area (Å²) in [5, 5.41) is 0. The van der Waals surface area contributed by atoms with E-state index < -0.39 is 15.8 Å². The van der Waals surface area contributed by atoms with Crippen LogP contribution >= 0.6 is 0 Å². The van der Waals surface area contributed by atoms with Gasteiger partial charge in [-0.1, -0.05) is 6.07 Å². The molecule has 4 aromatic rings. The number of hydrogen-bond donors (Lipinski definition) is 0. The van der Waals surface area contributed by atoms with Crippen molar-refractivity contribution in [2.75, 3.05) is 33.2 Å². The number of sulfonamides is 1. The molecule has 1 fully saturated rings. The van der Waals surface area contributed by atoms with Crippen LogP contribution in [0.15, 0.2) is 94.8 Å². The van der Waals surface area contributed by atoms with E-state index >= 15 is 0 Å². The van der Waals surface area contributed by atoms with Crippen LogP contribution in [0.4, 0.5) is 8.78 Å². The summed E-state index contributed by atoms with van der Waals surface area (Å²) < 4.78 is 60.4. The molecule has 1 saturated heterocycles. The van der Waals surface area contributed by atoms with Crippen molar-refractivity contribution < 1.29 is 26.7 Å². The van der Waals surface area contributed by atoms with Crippen molar-refractivity contribution in [3.05, 3.63) is 108 Å². The summed E-state index contributed by atoms with van der Waals surface area (Å²) in [6.45, 7) is 0.559. The van der Waals surface area contributed by atoms with Crippen molar-refractivity contribution in [2.24, 2.45) is 4.99 Å². The number of benzene rings is 3. The lowest BCUT2D eigenvalue weighted by atomic mass is 10.1. The van der Waals surface area contributed by atoms with Gasteiger partial charge in [0.15, 0.2) is 0 Å². The Balaban J connectivity index is 1.24. The molecule has 0 unspecified atom stereocenters. The first kappa shape index (κ1) is 28.1. The first-order valence-electron chi connectivity index (χ1n) is 12.8. The fourth-order valence-corrected chi connectivity index (χ4v) is 5.87. The summed E-state index contributed by atoms with van der Waals surface area (Å²) in [6.07, 6.45) is 1.27. The zero-order chi connectivity index (χ0) is 29.0. The van der Waals surface area contributed by atoms with Crippen LogP contribution in [0.25, 0.3) is 11.3 Å². The predicted octanol–water partition coefficient (Wildman–Crippen LogP) is 5.01. The Kier molecular flexibility index (Phi) is 8.18. The van der Waals surface area contributed by atoms with Crippen molar-refractivity contribution in [2.45, 2.75) is 4.90 Å². The number of carbonyl (C=O) groups is 1. The maximum Gasteiger partial charge on any atom is 0.272 e. The standard InChI is InChI=1S/C30H26F2N4O4S/c1-33-20-22-19-26(13-14-27(22)32)41(38,39)36-17-15-35(16-18-36)30(37)29-4-2-3-28(34-29)21-5-9-24(10-6-21)40-25-11-7-23(31)8-12-25/h2-14,19-20H,15-18H2,1H3. The summed E-state index contributed by atoms with van der Waals surface area (Å²) in [7, 11) is -2.40. The highest BCUT2D eigenvalue weighted by Gasteiger charge is 2.31. The first-order valence-corrected chi connectivity index (χ1v) is 14.2. The summed E-state index contributed by atoms with van der Waals surface area (Å²) in [5.74, 6) is -0.138. The van der Waals surface area contributed by atoms with E-state index in [2.05, 4.69) is 9.98 Å². The molecule has 1 aromatic heterocycles. The SMILES string of the molecule is CN=Cc1cc(S(=O)(=O)N2CCN(C(=O)c3cccc(-c4ccc(Oc5ccc(F)cc5)cc4)n3)CC2)ccc1F. The molecular weight excluding hydrogens is 550 g/mol. The van der Waals surface area contributed by atoms with E-state index in [1.807, 2.05) is 12.1 Å². The molecule has 210 valence electrons. The zero-order valence-electron chi connectivity index (χ0n) is 22.1. The normalized spacial score (nSPS) is 14.4. The second kappa shape index (κ2) is 11.9. The Morgan fingerprint density at radius 3 is 2.22 bits per heavy atom. The van der Waals surface area contributed by atoms with Gasteiger partial charge in [0.25, 0.3) is 5.91 Å².